The fourth-order valence-corrected chi connectivity index (χ4v) is 3.19. The van der Waals surface area contributed by atoms with Crippen molar-refractivity contribution in [2.24, 2.45) is 11.7 Å². The smallest absolute Gasteiger partial charge is 0.274 e. The van der Waals surface area contributed by atoms with Crippen LogP contribution in [0.5, 0.6) is 0 Å². The number of quaternary nitrogens is 1. The molecule has 0 spiro atoms. The number of hydrogen-bond acceptors (Lipinski definition) is 4. The van der Waals surface area contributed by atoms with Gasteiger partial charge < -0.3 is 15.1 Å². The summed E-state index contributed by atoms with van der Waals surface area (Å²) in [5, 5.41) is 8.40. The van der Waals surface area contributed by atoms with Gasteiger partial charge in [-0.3, -0.25) is 4.79 Å². The molecule has 0 aliphatic carbocycles. The highest BCUT2D eigenvalue weighted by Gasteiger charge is 2.31. The van der Waals surface area contributed by atoms with Crippen LogP contribution >= 0.6 is 0 Å². The third kappa shape index (κ3) is 3.42. The molecular formula is C17H23N4O2+. The summed E-state index contributed by atoms with van der Waals surface area (Å²) in [6.07, 6.45) is 1.65. The average molecular weight is 315 g/mol. The number of rotatable bonds is 4. The van der Waals surface area contributed by atoms with Gasteiger partial charge in [-0.1, -0.05) is 17.7 Å². The van der Waals surface area contributed by atoms with Gasteiger partial charge in [0.1, 0.15) is 0 Å². The number of primary amides is 1. The van der Waals surface area contributed by atoms with Crippen molar-refractivity contribution >= 4 is 5.91 Å². The Morgan fingerprint density at radius 1 is 1.35 bits per heavy atom. The number of carbonyl (C=O) groups is 1. The highest BCUT2D eigenvalue weighted by atomic mass is 16.4. The van der Waals surface area contributed by atoms with Gasteiger partial charge in [0.2, 0.25) is 11.8 Å². The molecule has 0 unspecified atom stereocenters. The lowest BCUT2D eigenvalue weighted by molar-refractivity contribution is -0.936. The molecule has 6 nitrogen and oxygen atoms in total. The predicted molar refractivity (Wildman–Crippen MR) is 85.5 cm³/mol. The van der Waals surface area contributed by atoms with Gasteiger partial charge in [-0.05, 0) is 26.0 Å². The van der Waals surface area contributed by atoms with E-state index in [9.17, 15) is 4.79 Å². The highest BCUT2D eigenvalue weighted by molar-refractivity contribution is 5.76. The lowest BCUT2D eigenvalue weighted by Crippen LogP contribution is -3.13. The number of amides is 1. The maximum absolute atomic E-state index is 11.3. The topological polar surface area (TPSA) is 86.5 Å². The number of likely N-dealkylation sites (tertiary alicyclic amines) is 1. The van der Waals surface area contributed by atoms with Crippen LogP contribution in [0.4, 0.5) is 0 Å². The van der Waals surface area contributed by atoms with Gasteiger partial charge in [-0.2, -0.15) is 0 Å². The SMILES string of the molecule is Cc1cccc(-c2nnc([C@@H](C)[NH+]3CCC(C(N)=O)CC3)o2)c1. The number of hydrogen-bond donors (Lipinski definition) is 2. The molecule has 6 heteroatoms. The second kappa shape index (κ2) is 6.50. The predicted octanol–water partition coefficient (Wildman–Crippen LogP) is 0.886. The highest BCUT2D eigenvalue weighted by Crippen LogP contribution is 2.21. The molecule has 3 rings (SSSR count). The number of nitrogens with one attached hydrogen (secondary N) is 1. The molecule has 2 heterocycles. The van der Waals surface area contributed by atoms with Crippen molar-refractivity contribution in [2.75, 3.05) is 13.1 Å². The van der Waals surface area contributed by atoms with Crippen LogP contribution in [0, 0.1) is 12.8 Å². The third-order valence-electron chi connectivity index (χ3n) is 4.72. The first-order valence-corrected chi connectivity index (χ1v) is 8.09. The molecule has 0 bridgehead atoms. The quantitative estimate of drug-likeness (QED) is 0.877. The van der Waals surface area contributed by atoms with E-state index >= 15 is 0 Å². The molecule has 1 fully saturated rings. The van der Waals surface area contributed by atoms with Gasteiger partial charge in [0, 0.05) is 24.3 Å². The van der Waals surface area contributed by atoms with Gasteiger partial charge in [-0.15, -0.1) is 10.2 Å². The van der Waals surface area contributed by atoms with E-state index in [-0.39, 0.29) is 17.9 Å². The summed E-state index contributed by atoms with van der Waals surface area (Å²) in [6.45, 7) is 5.93. The minimum atomic E-state index is -0.184. The van der Waals surface area contributed by atoms with Gasteiger partial charge in [0.15, 0.2) is 6.04 Å². The molecule has 122 valence electrons. The lowest BCUT2D eigenvalue weighted by atomic mass is 9.95. The minimum absolute atomic E-state index is 0.0106. The first kappa shape index (κ1) is 15.7. The molecule has 0 radical (unpaired) electrons. The van der Waals surface area contributed by atoms with Crippen molar-refractivity contribution in [1.82, 2.24) is 10.2 Å². The second-order valence-electron chi connectivity index (χ2n) is 6.37. The molecule has 1 aromatic carbocycles. The Morgan fingerprint density at radius 2 is 2.09 bits per heavy atom. The maximum atomic E-state index is 11.3. The Hall–Kier alpha value is -2.21. The van der Waals surface area contributed by atoms with Crippen molar-refractivity contribution in [3.05, 3.63) is 35.7 Å². The number of aryl methyl sites for hydroxylation is 1. The van der Waals surface area contributed by atoms with Crippen LogP contribution in [0.1, 0.15) is 37.3 Å². The van der Waals surface area contributed by atoms with Crippen LogP contribution in [-0.4, -0.2) is 29.2 Å². The Balaban J connectivity index is 1.69. The van der Waals surface area contributed by atoms with Gasteiger partial charge >= 0.3 is 0 Å². The number of benzene rings is 1. The summed E-state index contributed by atoms with van der Waals surface area (Å²) in [7, 11) is 0. The number of piperidine rings is 1. The minimum Gasteiger partial charge on any atom is -0.415 e. The second-order valence-corrected chi connectivity index (χ2v) is 6.37. The fourth-order valence-electron chi connectivity index (χ4n) is 3.19. The van der Waals surface area contributed by atoms with Crippen LogP contribution < -0.4 is 10.6 Å². The van der Waals surface area contributed by atoms with Gasteiger partial charge in [0.25, 0.3) is 5.89 Å². The fraction of sp³-hybridized carbons (Fsp3) is 0.471. The van der Waals surface area contributed by atoms with Gasteiger partial charge in [0.05, 0.1) is 13.1 Å². The zero-order valence-corrected chi connectivity index (χ0v) is 13.6. The van der Waals surface area contributed by atoms with E-state index in [2.05, 4.69) is 17.1 Å². The zero-order chi connectivity index (χ0) is 16.4. The molecule has 1 aromatic heterocycles. The van der Waals surface area contributed by atoms with Gasteiger partial charge in [-0.25, -0.2) is 0 Å². The molecule has 1 aliphatic heterocycles. The number of nitrogens with two attached hydrogens (primary N) is 1. The number of nitrogens with zero attached hydrogens (tertiary/aromatic N) is 2. The Bertz CT molecular complexity index is 689. The van der Waals surface area contributed by atoms with E-state index in [0.717, 1.165) is 37.1 Å². The van der Waals surface area contributed by atoms with E-state index in [1.165, 1.54) is 4.90 Å². The van der Waals surface area contributed by atoms with Crippen LogP contribution in [0.3, 0.4) is 0 Å². The molecule has 0 saturated carbocycles. The number of carbonyl (C=O) groups excluding carboxylic acids is 1. The standard InChI is InChI=1S/C17H22N4O2/c1-11-4-3-5-14(10-11)17-20-19-16(23-17)12(2)21-8-6-13(7-9-21)15(18)22/h3-5,10,12-13H,6-9H2,1-2H3,(H2,18,22)/p+1/t12-/m1/s1. The lowest BCUT2D eigenvalue weighted by Gasteiger charge is -2.30. The molecule has 1 amide bonds. The Morgan fingerprint density at radius 3 is 2.74 bits per heavy atom. The Labute approximate surface area is 135 Å². The third-order valence-corrected chi connectivity index (χ3v) is 4.72. The van der Waals surface area contributed by atoms with Crippen molar-refractivity contribution in [2.45, 2.75) is 32.7 Å². The maximum Gasteiger partial charge on any atom is 0.274 e. The summed E-state index contributed by atoms with van der Waals surface area (Å²) < 4.78 is 5.88. The van der Waals surface area contributed by atoms with Crippen LogP contribution in [0.15, 0.2) is 28.7 Å². The van der Waals surface area contributed by atoms with Crippen molar-refractivity contribution < 1.29 is 14.1 Å². The summed E-state index contributed by atoms with van der Waals surface area (Å²) in [6, 6.07) is 8.15. The summed E-state index contributed by atoms with van der Waals surface area (Å²) in [5.41, 5.74) is 7.50. The van der Waals surface area contributed by atoms with Crippen LogP contribution in [-0.2, 0) is 4.79 Å². The monoisotopic (exact) mass is 315 g/mol. The van der Waals surface area contributed by atoms with Crippen molar-refractivity contribution in [3.63, 3.8) is 0 Å². The molecule has 1 saturated heterocycles. The van der Waals surface area contributed by atoms with Crippen LogP contribution in [0.25, 0.3) is 11.5 Å². The Kier molecular flexibility index (Phi) is 4.43. The largest absolute Gasteiger partial charge is 0.415 e. The van der Waals surface area contributed by atoms with Crippen molar-refractivity contribution in [1.29, 1.82) is 0 Å². The van der Waals surface area contributed by atoms with Crippen molar-refractivity contribution in [3.8, 4) is 11.5 Å². The molecular weight excluding hydrogens is 292 g/mol. The van der Waals surface area contributed by atoms with E-state index in [0.29, 0.717) is 11.8 Å². The summed E-state index contributed by atoms with van der Waals surface area (Å²) >= 11 is 0. The first-order valence-electron chi connectivity index (χ1n) is 8.09. The zero-order valence-electron chi connectivity index (χ0n) is 13.6. The summed E-state index contributed by atoms with van der Waals surface area (Å²) in [4.78, 5) is 12.6. The number of aromatic nitrogens is 2. The molecule has 3 N–H and O–H groups in total. The van der Waals surface area contributed by atoms with Crippen LogP contribution in [0.2, 0.25) is 0 Å². The molecule has 1 atom stereocenters. The van der Waals surface area contributed by atoms with E-state index < -0.39 is 0 Å². The normalized spacial score (nSPS) is 22.7. The molecule has 1 aliphatic rings. The molecule has 23 heavy (non-hydrogen) atoms. The first-order chi connectivity index (χ1) is 11.0. The average Bonchev–Trinajstić information content (AvgIpc) is 3.04. The van der Waals surface area contributed by atoms with E-state index in [1.54, 1.807) is 0 Å². The molecule has 2 aromatic rings. The summed E-state index contributed by atoms with van der Waals surface area (Å²) in [5.74, 6) is 1.03. The van der Waals surface area contributed by atoms with E-state index in [4.69, 9.17) is 10.2 Å². The van der Waals surface area contributed by atoms with E-state index in [1.807, 2.05) is 31.2 Å².